The first-order valence-corrected chi connectivity index (χ1v) is 6.23. The molecule has 0 fully saturated rings. The van der Waals surface area contributed by atoms with Crippen molar-refractivity contribution in [1.29, 1.82) is 0 Å². The average molecular weight is 266 g/mol. The highest BCUT2D eigenvalue weighted by Gasteiger charge is 2.35. The third-order valence-electron chi connectivity index (χ3n) is 2.77. The molecule has 104 valence electrons. The second-order valence-corrected chi connectivity index (χ2v) is 4.84. The van der Waals surface area contributed by atoms with Gasteiger partial charge in [-0.1, -0.05) is 6.92 Å². The maximum Gasteiger partial charge on any atom is 0.239 e. The van der Waals surface area contributed by atoms with Gasteiger partial charge in [0.15, 0.2) is 0 Å². The second-order valence-electron chi connectivity index (χ2n) is 4.84. The van der Waals surface area contributed by atoms with Gasteiger partial charge in [-0.15, -0.1) is 0 Å². The van der Waals surface area contributed by atoms with E-state index in [0.717, 1.165) is 6.42 Å². The van der Waals surface area contributed by atoms with E-state index in [9.17, 15) is 14.0 Å². The molecular weight excluding hydrogens is 247 g/mol. The molecule has 0 aliphatic rings. The Balaban J connectivity index is 2.70. The van der Waals surface area contributed by atoms with Crippen LogP contribution in [0.4, 0.5) is 10.1 Å². The van der Waals surface area contributed by atoms with Crippen molar-refractivity contribution in [2.75, 3.05) is 11.9 Å². The number of rotatable bonds is 5. The zero-order chi connectivity index (χ0) is 14.5. The number of nitrogens with one attached hydrogen (secondary N) is 2. The lowest BCUT2D eigenvalue weighted by molar-refractivity contribution is -0.138. The molecule has 0 aromatic heterocycles. The van der Waals surface area contributed by atoms with Crippen molar-refractivity contribution in [3.63, 3.8) is 0 Å². The van der Waals surface area contributed by atoms with Crippen molar-refractivity contribution >= 4 is 17.5 Å². The van der Waals surface area contributed by atoms with Crippen molar-refractivity contribution in [3.8, 4) is 0 Å². The summed E-state index contributed by atoms with van der Waals surface area (Å²) in [6.45, 7) is 5.58. The molecule has 0 saturated carbocycles. The van der Waals surface area contributed by atoms with Crippen LogP contribution in [0.3, 0.4) is 0 Å². The predicted octanol–water partition coefficient (Wildman–Crippen LogP) is 2.32. The first kappa shape index (κ1) is 15.1. The van der Waals surface area contributed by atoms with Gasteiger partial charge in [-0.25, -0.2) is 4.39 Å². The number of carbonyl (C=O) groups excluding carboxylic acids is 2. The monoisotopic (exact) mass is 266 g/mol. The van der Waals surface area contributed by atoms with E-state index in [1.807, 2.05) is 6.92 Å². The molecule has 2 N–H and O–H groups in total. The Morgan fingerprint density at radius 3 is 2.26 bits per heavy atom. The summed E-state index contributed by atoms with van der Waals surface area (Å²) < 4.78 is 12.7. The minimum Gasteiger partial charge on any atom is -0.355 e. The molecule has 0 spiro atoms. The van der Waals surface area contributed by atoms with Gasteiger partial charge < -0.3 is 10.6 Å². The van der Waals surface area contributed by atoms with E-state index in [-0.39, 0.29) is 11.7 Å². The van der Waals surface area contributed by atoms with Crippen molar-refractivity contribution in [1.82, 2.24) is 5.32 Å². The van der Waals surface area contributed by atoms with E-state index in [4.69, 9.17) is 0 Å². The molecule has 19 heavy (non-hydrogen) atoms. The van der Waals surface area contributed by atoms with E-state index in [1.165, 1.54) is 24.3 Å². The fraction of sp³-hybridized carbons (Fsp3) is 0.429. The number of benzene rings is 1. The van der Waals surface area contributed by atoms with Crippen LogP contribution in [-0.4, -0.2) is 18.4 Å². The van der Waals surface area contributed by atoms with Crippen LogP contribution in [0.1, 0.15) is 27.2 Å². The molecule has 0 radical (unpaired) electrons. The molecule has 1 aromatic carbocycles. The molecule has 0 atom stereocenters. The summed E-state index contributed by atoms with van der Waals surface area (Å²) in [4.78, 5) is 23.9. The lowest BCUT2D eigenvalue weighted by Gasteiger charge is -2.22. The molecule has 1 aromatic rings. The Bertz CT molecular complexity index is 455. The summed E-state index contributed by atoms with van der Waals surface area (Å²) in [7, 11) is 0. The first-order chi connectivity index (χ1) is 8.87. The number of amides is 2. The fourth-order valence-electron chi connectivity index (χ4n) is 1.38. The predicted molar refractivity (Wildman–Crippen MR) is 72.1 cm³/mol. The van der Waals surface area contributed by atoms with E-state index < -0.39 is 11.3 Å². The molecular formula is C14H19FN2O2. The van der Waals surface area contributed by atoms with Crippen LogP contribution >= 0.6 is 0 Å². The Labute approximate surface area is 112 Å². The highest BCUT2D eigenvalue weighted by molar-refractivity contribution is 6.09. The van der Waals surface area contributed by atoms with E-state index in [1.54, 1.807) is 13.8 Å². The van der Waals surface area contributed by atoms with Crippen molar-refractivity contribution in [2.45, 2.75) is 27.2 Å². The minimum atomic E-state index is -1.18. The van der Waals surface area contributed by atoms with Crippen LogP contribution in [0.25, 0.3) is 0 Å². The number of carbonyl (C=O) groups is 2. The van der Waals surface area contributed by atoms with Gasteiger partial charge in [0.2, 0.25) is 11.8 Å². The van der Waals surface area contributed by atoms with Crippen LogP contribution in [0.2, 0.25) is 0 Å². The van der Waals surface area contributed by atoms with Crippen molar-refractivity contribution in [2.24, 2.45) is 5.41 Å². The highest BCUT2D eigenvalue weighted by Crippen LogP contribution is 2.19. The Morgan fingerprint density at radius 1 is 1.16 bits per heavy atom. The Hall–Kier alpha value is -1.91. The first-order valence-electron chi connectivity index (χ1n) is 6.23. The summed E-state index contributed by atoms with van der Waals surface area (Å²) in [6.07, 6.45) is 0.807. The van der Waals surface area contributed by atoms with Crippen molar-refractivity contribution < 1.29 is 14.0 Å². The molecule has 1 rings (SSSR count). The maximum absolute atomic E-state index is 12.7. The smallest absolute Gasteiger partial charge is 0.239 e. The molecule has 4 nitrogen and oxygen atoms in total. The van der Waals surface area contributed by atoms with Gasteiger partial charge in [0.1, 0.15) is 11.2 Å². The van der Waals surface area contributed by atoms with E-state index in [0.29, 0.717) is 12.2 Å². The van der Waals surface area contributed by atoms with E-state index in [2.05, 4.69) is 10.6 Å². The number of hydrogen-bond donors (Lipinski definition) is 2. The number of anilines is 1. The van der Waals surface area contributed by atoms with Gasteiger partial charge >= 0.3 is 0 Å². The average Bonchev–Trinajstić information content (AvgIpc) is 2.38. The molecule has 0 aliphatic heterocycles. The topological polar surface area (TPSA) is 58.2 Å². The van der Waals surface area contributed by atoms with Crippen LogP contribution in [-0.2, 0) is 9.59 Å². The zero-order valence-corrected chi connectivity index (χ0v) is 11.4. The normalized spacial score (nSPS) is 10.9. The molecule has 0 aliphatic carbocycles. The summed E-state index contributed by atoms with van der Waals surface area (Å²) >= 11 is 0. The molecule has 0 heterocycles. The minimum absolute atomic E-state index is 0.325. The second kappa shape index (κ2) is 6.31. The maximum atomic E-state index is 12.7. The third-order valence-corrected chi connectivity index (χ3v) is 2.77. The lowest BCUT2D eigenvalue weighted by atomic mass is 9.91. The van der Waals surface area contributed by atoms with Gasteiger partial charge in [-0.05, 0) is 44.5 Å². The van der Waals surface area contributed by atoms with Crippen molar-refractivity contribution in [3.05, 3.63) is 30.1 Å². The largest absolute Gasteiger partial charge is 0.355 e. The zero-order valence-electron chi connectivity index (χ0n) is 11.4. The molecule has 0 bridgehead atoms. The fourth-order valence-corrected chi connectivity index (χ4v) is 1.38. The van der Waals surface area contributed by atoms with Gasteiger partial charge in [0, 0.05) is 12.2 Å². The van der Waals surface area contributed by atoms with Gasteiger partial charge in [-0.2, -0.15) is 0 Å². The van der Waals surface area contributed by atoms with Gasteiger partial charge in [0.25, 0.3) is 0 Å². The summed E-state index contributed by atoms with van der Waals surface area (Å²) in [5.41, 5.74) is -0.716. The molecule has 5 heteroatoms. The van der Waals surface area contributed by atoms with Crippen LogP contribution < -0.4 is 10.6 Å². The standard InChI is InChI=1S/C14H19FN2O2/c1-4-9-16-12(18)14(2,3)13(19)17-11-7-5-10(15)6-8-11/h5-8H,4,9H2,1-3H3,(H,16,18)(H,17,19). The number of hydrogen-bond acceptors (Lipinski definition) is 2. The van der Waals surface area contributed by atoms with E-state index >= 15 is 0 Å². The van der Waals surface area contributed by atoms with Gasteiger partial charge in [-0.3, -0.25) is 9.59 Å². The SMILES string of the molecule is CCCNC(=O)C(C)(C)C(=O)Nc1ccc(F)cc1. The van der Waals surface area contributed by atoms with Crippen LogP contribution in [0.5, 0.6) is 0 Å². The Morgan fingerprint density at radius 2 is 1.74 bits per heavy atom. The third kappa shape index (κ3) is 4.05. The van der Waals surface area contributed by atoms with Crippen LogP contribution in [0.15, 0.2) is 24.3 Å². The summed E-state index contributed by atoms with van der Waals surface area (Å²) in [5, 5.41) is 5.29. The Kier molecular flexibility index (Phi) is 5.03. The molecule has 2 amide bonds. The molecule has 0 saturated heterocycles. The summed E-state index contributed by atoms with van der Waals surface area (Å²) in [6, 6.07) is 5.40. The van der Waals surface area contributed by atoms with Crippen LogP contribution in [0, 0.1) is 11.2 Å². The molecule has 0 unspecified atom stereocenters. The van der Waals surface area contributed by atoms with Gasteiger partial charge in [0.05, 0.1) is 0 Å². The summed E-state index contributed by atoms with van der Waals surface area (Å²) in [5.74, 6) is -1.13. The quantitative estimate of drug-likeness (QED) is 0.803. The number of halogens is 1. The highest BCUT2D eigenvalue weighted by atomic mass is 19.1. The lowest BCUT2D eigenvalue weighted by Crippen LogP contribution is -2.45.